The van der Waals surface area contributed by atoms with Gasteiger partial charge >= 0.3 is 0 Å². The molecule has 0 saturated carbocycles. The molecular weight excluding hydrogens is 296 g/mol. The summed E-state index contributed by atoms with van der Waals surface area (Å²) in [5.41, 5.74) is 4.15. The van der Waals surface area contributed by atoms with Crippen LogP contribution in [0.2, 0.25) is 5.02 Å². The van der Waals surface area contributed by atoms with E-state index in [1.807, 2.05) is 19.1 Å². The van der Waals surface area contributed by atoms with Crippen molar-refractivity contribution in [1.82, 2.24) is 0 Å². The van der Waals surface area contributed by atoms with Crippen LogP contribution in [0.5, 0.6) is 0 Å². The van der Waals surface area contributed by atoms with Crippen LogP contribution in [0, 0.1) is 6.92 Å². The van der Waals surface area contributed by atoms with E-state index in [2.05, 4.69) is 30.5 Å². The van der Waals surface area contributed by atoms with Gasteiger partial charge in [0, 0.05) is 16.4 Å². The molecule has 0 aliphatic heterocycles. The maximum absolute atomic E-state index is 12.1. The van der Waals surface area contributed by atoms with E-state index in [0.29, 0.717) is 10.9 Å². The molecule has 1 amide bonds. The number of hydrogen-bond donors (Lipinski definition) is 2. The van der Waals surface area contributed by atoms with Gasteiger partial charge in [-0.05, 0) is 48.2 Å². The van der Waals surface area contributed by atoms with Crippen molar-refractivity contribution in [3.63, 3.8) is 0 Å². The number of carbonyl (C=O) groups is 1. The van der Waals surface area contributed by atoms with Gasteiger partial charge in [0.05, 0.1) is 6.54 Å². The quantitative estimate of drug-likeness (QED) is 0.830. The first-order valence-corrected chi connectivity index (χ1v) is 7.74. The molecule has 2 N–H and O–H groups in total. The van der Waals surface area contributed by atoms with Gasteiger partial charge in [-0.15, -0.1) is 0 Å². The average molecular weight is 317 g/mol. The van der Waals surface area contributed by atoms with Crippen molar-refractivity contribution in [2.24, 2.45) is 0 Å². The molecule has 0 atom stereocenters. The van der Waals surface area contributed by atoms with E-state index in [1.165, 1.54) is 5.56 Å². The van der Waals surface area contributed by atoms with Crippen LogP contribution in [0.15, 0.2) is 42.5 Å². The zero-order chi connectivity index (χ0) is 16.1. The summed E-state index contributed by atoms with van der Waals surface area (Å²) in [6.45, 7) is 6.57. The Kier molecular flexibility index (Phi) is 5.45. The van der Waals surface area contributed by atoms with Crippen LogP contribution in [0.4, 0.5) is 11.4 Å². The van der Waals surface area contributed by atoms with E-state index < -0.39 is 0 Å². The van der Waals surface area contributed by atoms with Gasteiger partial charge in [0.15, 0.2) is 0 Å². The minimum Gasteiger partial charge on any atom is -0.376 e. The third kappa shape index (κ3) is 4.25. The Balaban J connectivity index is 2.01. The molecule has 22 heavy (non-hydrogen) atoms. The van der Waals surface area contributed by atoms with Crippen molar-refractivity contribution in [3.05, 3.63) is 58.6 Å². The molecule has 2 rings (SSSR count). The molecule has 0 unspecified atom stereocenters. The molecule has 0 aliphatic rings. The molecule has 116 valence electrons. The summed E-state index contributed by atoms with van der Waals surface area (Å²) in [5, 5.41) is 6.75. The van der Waals surface area contributed by atoms with Crippen LogP contribution in [0.3, 0.4) is 0 Å². The first-order valence-electron chi connectivity index (χ1n) is 7.36. The fourth-order valence-electron chi connectivity index (χ4n) is 2.32. The maximum atomic E-state index is 12.1. The van der Waals surface area contributed by atoms with Gasteiger partial charge in [-0.1, -0.05) is 43.6 Å². The smallest absolute Gasteiger partial charge is 0.243 e. The molecular formula is C18H21ClN2O. The van der Waals surface area contributed by atoms with Crippen LogP contribution in [0.25, 0.3) is 0 Å². The summed E-state index contributed by atoms with van der Waals surface area (Å²) in [4.78, 5) is 12.1. The third-order valence-corrected chi connectivity index (χ3v) is 3.73. The summed E-state index contributed by atoms with van der Waals surface area (Å²) in [6.07, 6.45) is 0. The molecule has 0 bridgehead atoms. The molecule has 0 heterocycles. The zero-order valence-electron chi connectivity index (χ0n) is 13.1. The molecule has 0 saturated heterocycles. The number of aryl methyl sites for hydroxylation is 1. The summed E-state index contributed by atoms with van der Waals surface area (Å²) in [7, 11) is 0. The summed E-state index contributed by atoms with van der Waals surface area (Å²) in [6, 6.07) is 13.3. The molecule has 0 fully saturated rings. The first kappa shape index (κ1) is 16.4. The molecule has 2 aromatic carbocycles. The highest BCUT2D eigenvalue weighted by atomic mass is 35.5. The SMILES string of the molecule is Cc1cccc(C(C)C)c1NCC(=O)Nc1ccc(Cl)cc1. The Labute approximate surface area is 136 Å². The number of anilines is 2. The normalized spacial score (nSPS) is 10.6. The number of benzene rings is 2. The molecule has 0 spiro atoms. The Bertz CT molecular complexity index is 651. The van der Waals surface area contributed by atoms with E-state index in [1.54, 1.807) is 24.3 Å². The lowest BCUT2D eigenvalue weighted by Crippen LogP contribution is -2.22. The summed E-state index contributed by atoms with van der Waals surface area (Å²) < 4.78 is 0. The molecule has 2 aromatic rings. The fraction of sp³-hybridized carbons (Fsp3) is 0.278. The average Bonchev–Trinajstić information content (AvgIpc) is 2.48. The Hall–Kier alpha value is -2.00. The maximum Gasteiger partial charge on any atom is 0.243 e. The zero-order valence-corrected chi connectivity index (χ0v) is 13.9. The van der Waals surface area contributed by atoms with Crippen LogP contribution in [0.1, 0.15) is 30.9 Å². The van der Waals surface area contributed by atoms with Gasteiger partial charge < -0.3 is 10.6 Å². The van der Waals surface area contributed by atoms with Crippen LogP contribution >= 0.6 is 11.6 Å². The van der Waals surface area contributed by atoms with Crippen molar-refractivity contribution in [3.8, 4) is 0 Å². The molecule has 4 heteroatoms. The van der Waals surface area contributed by atoms with Gasteiger partial charge in [-0.2, -0.15) is 0 Å². The molecule has 0 radical (unpaired) electrons. The highest BCUT2D eigenvalue weighted by Crippen LogP contribution is 2.27. The van der Waals surface area contributed by atoms with Crippen LogP contribution in [-0.4, -0.2) is 12.5 Å². The van der Waals surface area contributed by atoms with Crippen molar-refractivity contribution in [2.45, 2.75) is 26.7 Å². The number of halogens is 1. The van der Waals surface area contributed by atoms with E-state index in [4.69, 9.17) is 11.6 Å². The monoisotopic (exact) mass is 316 g/mol. The van der Waals surface area contributed by atoms with Crippen molar-refractivity contribution in [1.29, 1.82) is 0 Å². The van der Waals surface area contributed by atoms with E-state index in [9.17, 15) is 4.79 Å². The topological polar surface area (TPSA) is 41.1 Å². The number of para-hydroxylation sites is 1. The van der Waals surface area contributed by atoms with Gasteiger partial charge in [-0.25, -0.2) is 0 Å². The fourth-order valence-corrected chi connectivity index (χ4v) is 2.45. The number of rotatable bonds is 5. The Morgan fingerprint density at radius 2 is 1.82 bits per heavy atom. The summed E-state index contributed by atoms with van der Waals surface area (Å²) >= 11 is 5.83. The van der Waals surface area contributed by atoms with Gasteiger partial charge in [0.1, 0.15) is 0 Å². The first-order chi connectivity index (χ1) is 10.5. The second-order valence-corrected chi connectivity index (χ2v) is 6.04. The van der Waals surface area contributed by atoms with Crippen molar-refractivity contribution in [2.75, 3.05) is 17.2 Å². The molecule has 3 nitrogen and oxygen atoms in total. The lowest BCUT2D eigenvalue weighted by atomic mass is 9.98. The highest BCUT2D eigenvalue weighted by Gasteiger charge is 2.10. The number of amides is 1. The minimum absolute atomic E-state index is 0.0831. The lowest BCUT2D eigenvalue weighted by molar-refractivity contribution is -0.114. The van der Waals surface area contributed by atoms with Crippen LogP contribution in [-0.2, 0) is 4.79 Å². The van der Waals surface area contributed by atoms with E-state index in [0.717, 1.165) is 16.9 Å². The largest absolute Gasteiger partial charge is 0.376 e. The van der Waals surface area contributed by atoms with E-state index >= 15 is 0 Å². The van der Waals surface area contributed by atoms with Crippen molar-refractivity contribution >= 4 is 28.9 Å². The number of hydrogen-bond acceptors (Lipinski definition) is 2. The second kappa shape index (κ2) is 7.32. The number of nitrogens with one attached hydrogen (secondary N) is 2. The molecule has 0 aliphatic carbocycles. The minimum atomic E-state index is -0.0831. The predicted octanol–water partition coefficient (Wildman–Crippen LogP) is 4.82. The van der Waals surface area contributed by atoms with E-state index in [-0.39, 0.29) is 12.5 Å². The third-order valence-electron chi connectivity index (χ3n) is 3.48. The Morgan fingerprint density at radius 3 is 2.45 bits per heavy atom. The van der Waals surface area contributed by atoms with Gasteiger partial charge in [0.2, 0.25) is 5.91 Å². The predicted molar refractivity (Wildman–Crippen MR) is 93.8 cm³/mol. The lowest BCUT2D eigenvalue weighted by Gasteiger charge is -2.17. The Morgan fingerprint density at radius 1 is 1.14 bits per heavy atom. The van der Waals surface area contributed by atoms with Crippen molar-refractivity contribution < 1.29 is 4.79 Å². The highest BCUT2D eigenvalue weighted by molar-refractivity contribution is 6.30. The summed E-state index contributed by atoms with van der Waals surface area (Å²) in [5.74, 6) is 0.321. The van der Waals surface area contributed by atoms with Gasteiger partial charge in [-0.3, -0.25) is 4.79 Å². The van der Waals surface area contributed by atoms with Crippen LogP contribution < -0.4 is 10.6 Å². The number of carbonyl (C=O) groups excluding carboxylic acids is 1. The van der Waals surface area contributed by atoms with Gasteiger partial charge in [0.25, 0.3) is 0 Å². The standard InChI is InChI=1S/C18H21ClN2O/c1-12(2)16-6-4-5-13(3)18(16)20-11-17(22)21-15-9-7-14(19)8-10-15/h4-10,12,20H,11H2,1-3H3,(H,21,22). The molecule has 0 aromatic heterocycles. The second-order valence-electron chi connectivity index (χ2n) is 5.60.